The van der Waals surface area contributed by atoms with Crippen LogP contribution in [0.15, 0.2) is 12.7 Å². The normalized spacial score (nSPS) is 15.1. The highest BCUT2D eigenvalue weighted by molar-refractivity contribution is 4.93. The van der Waals surface area contributed by atoms with Gasteiger partial charge in [0.25, 0.3) is 0 Å². The van der Waals surface area contributed by atoms with Crippen molar-refractivity contribution in [1.29, 1.82) is 0 Å². The Morgan fingerprint density at radius 1 is 1.78 bits per heavy atom. The lowest BCUT2D eigenvalue weighted by molar-refractivity contribution is 0.147. The summed E-state index contributed by atoms with van der Waals surface area (Å²) in [7, 11) is 0. The van der Waals surface area contributed by atoms with Crippen LogP contribution in [0.4, 0.5) is 0 Å². The molecule has 9 heavy (non-hydrogen) atoms. The number of hydrogen-bond donors (Lipinski definition) is 2. The van der Waals surface area contributed by atoms with Gasteiger partial charge in [0.15, 0.2) is 0 Å². The van der Waals surface area contributed by atoms with Crippen molar-refractivity contribution in [3.8, 4) is 0 Å². The van der Waals surface area contributed by atoms with Crippen molar-refractivity contribution in [2.75, 3.05) is 6.61 Å². The molecule has 0 amide bonds. The summed E-state index contributed by atoms with van der Waals surface area (Å²) in [6, 6.07) is -0.123. The summed E-state index contributed by atoms with van der Waals surface area (Å²) < 4.78 is 0. The summed E-state index contributed by atoms with van der Waals surface area (Å²) in [5, 5.41) is 8.77. The highest BCUT2D eigenvalue weighted by Crippen LogP contribution is 2.17. The molecule has 0 aliphatic heterocycles. The Bertz CT molecular complexity index is 99.1. The van der Waals surface area contributed by atoms with Crippen molar-refractivity contribution in [3.05, 3.63) is 12.7 Å². The summed E-state index contributed by atoms with van der Waals surface area (Å²) in [5.41, 5.74) is 5.35. The lowest BCUT2D eigenvalue weighted by Gasteiger charge is -2.26. The van der Waals surface area contributed by atoms with Crippen LogP contribution in [-0.2, 0) is 0 Å². The number of aliphatic hydroxyl groups excluding tert-OH is 1. The minimum Gasteiger partial charge on any atom is -0.396 e. The average molecular weight is 129 g/mol. The third kappa shape index (κ3) is 2.16. The first-order chi connectivity index (χ1) is 4.04. The van der Waals surface area contributed by atoms with Crippen LogP contribution in [0, 0.1) is 5.41 Å². The molecule has 0 rings (SSSR count). The topological polar surface area (TPSA) is 46.2 Å². The number of nitrogens with two attached hydrogens (primary N) is 1. The lowest BCUT2D eigenvalue weighted by Crippen LogP contribution is -2.38. The Labute approximate surface area is 56.4 Å². The van der Waals surface area contributed by atoms with Gasteiger partial charge in [-0.3, -0.25) is 0 Å². The number of rotatable bonds is 3. The molecule has 0 aromatic carbocycles. The maximum atomic E-state index is 8.77. The van der Waals surface area contributed by atoms with Crippen LogP contribution >= 0.6 is 0 Å². The van der Waals surface area contributed by atoms with Gasteiger partial charge in [-0.15, -0.1) is 6.58 Å². The van der Waals surface area contributed by atoms with Gasteiger partial charge in [-0.2, -0.15) is 0 Å². The Hall–Kier alpha value is -0.340. The maximum Gasteiger partial charge on any atom is 0.0500 e. The van der Waals surface area contributed by atoms with Crippen molar-refractivity contribution in [3.63, 3.8) is 0 Å². The summed E-state index contributed by atoms with van der Waals surface area (Å²) in [5.74, 6) is 0. The molecule has 2 nitrogen and oxygen atoms in total. The average Bonchev–Trinajstić information content (AvgIpc) is 1.86. The Morgan fingerprint density at radius 3 is 2.33 bits per heavy atom. The molecule has 1 unspecified atom stereocenters. The SMILES string of the molecule is C=CC(N)C(C)(C)CO. The second-order valence-electron chi connectivity index (χ2n) is 2.91. The zero-order valence-corrected chi connectivity index (χ0v) is 6.09. The van der Waals surface area contributed by atoms with Gasteiger partial charge >= 0.3 is 0 Å². The summed E-state index contributed by atoms with van der Waals surface area (Å²) in [6.07, 6.45) is 1.65. The van der Waals surface area contributed by atoms with E-state index in [2.05, 4.69) is 6.58 Å². The predicted molar refractivity (Wildman–Crippen MR) is 39.0 cm³/mol. The molecular formula is C7H15NO. The van der Waals surface area contributed by atoms with E-state index in [-0.39, 0.29) is 18.1 Å². The number of aliphatic hydroxyl groups is 1. The zero-order chi connectivity index (χ0) is 7.49. The van der Waals surface area contributed by atoms with Crippen molar-refractivity contribution >= 4 is 0 Å². The van der Waals surface area contributed by atoms with Crippen LogP contribution in [0.3, 0.4) is 0 Å². The highest BCUT2D eigenvalue weighted by atomic mass is 16.3. The van der Waals surface area contributed by atoms with Gasteiger partial charge in [-0.1, -0.05) is 19.9 Å². The number of hydrogen-bond acceptors (Lipinski definition) is 2. The van der Waals surface area contributed by atoms with Crippen molar-refractivity contribution < 1.29 is 5.11 Å². The minimum atomic E-state index is -0.234. The molecule has 3 N–H and O–H groups in total. The van der Waals surface area contributed by atoms with Gasteiger partial charge in [-0.25, -0.2) is 0 Å². The second kappa shape index (κ2) is 2.99. The molecule has 0 bridgehead atoms. The highest BCUT2D eigenvalue weighted by Gasteiger charge is 2.22. The van der Waals surface area contributed by atoms with Gasteiger partial charge in [0.05, 0.1) is 0 Å². The first-order valence-electron chi connectivity index (χ1n) is 3.03. The summed E-state index contributed by atoms with van der Waals surface area (Å²) in [6.45, 7) is 7.44. The van der Waals surface area contributed by atoms with Gasteiger partial charge < -0.3 is 10.8 Å². The van der Waals surface area contributed by atoms with Crippen LogP contribution in [-0.4, -0.2) is 17.8 Å². The summed E-state index contributed by atoms with van der Waals surface area (Å²) in [4.78, 5) is 0. The maximum absolute atomic E-state index is 8.77. The van der Waals surface area contributed by atoms with Gasteiger partial charge in [0, 0.05) is 18.1 Å². The molecule has 0 saturated heterocycles. The molecule has 0 aromatic rings. The van der Waals surface area contributed by atoms with Crippen LogP contribution in [0.25, 0.3) is 0 Å². The second-order valence-corrected chi connectivity index (χ2v) is 2.91. The van der Waals surface area contributed by atoms with E-state index in [0.717, 1.165) is 0 Å². The van der Waals surface area contributed by atoms with Gasteiger partial charge in [0.1, 0.15) is 0 Å². The largest absolute Gasteiger partial charge is 0.396 e. The van der Waals surface area contributed by atoms with E-state index < -0.39 is 0 Å². The van der Waals surface area contributed by atoms with Crippen molar-refractivity contribution in [1.82, 2.24) is 0 Å². The Morgan fingerprint density at radius 2 is 2.22 bits per heavy atom. The molecule has 54 valence electrons. The van der Waals surface area contributed by atoms with Crippen LogP contribution in [0.2, 0.25) is 0 Å². The smallest absolute Gasteiger partial charge is 0.0500 e. The quantitative estimate of drug-likeness (QED) is 0.546. The van der Waals surface area contributed by atoms with E-state index in [9.17, 15) is 0 Å². The van der Waals surface area contributed by atoms with E-state index >= 15 is 0 Å². The lowest BCUT2D eigenvalue weighted by atomic mass is 9.86. The fourth-order valence-corrected chi connectivity index (χ4v) is 0.424. The molecule has 0 aromatic heterocycles. The molecule has 0 fully saturated rings. The fourth-order valence-electron chi connectivity index (χ4n) is 0.424. The van der Waals surface area contributed by atoms with Crippen molar-refractivity contribution in [2.45, 2.75) is 19.9 Å². The van der Waals surface area contributed by atoms with Crippen LogP contribution in [0.1, 0.15) is 13.8 Å². The monoisotopic (exact) mass is 129 g/mol. The third-order valence-corrected chi connectivity index (χ3v) is 1.56. The molecule has 0 saturated carbocycles. The molecule has 2 heteroatoms. The van der Waals surface area contributed by atoms with Crippen LogP contribution in [0.5, 0.6) is 0 Å². The molecule has 1 atom stereocenters. The molecule has 0 spiro atoms. The van der Waals surface area contributed by atoms with E-state index in [1.165, 1.54) is 0 Å². The third-order valence-electron chi connectivity index (χ3n) is 1.56. The first-order valence-corrected chi connectivity index (χ1v) is 3.03. The van der Waals surface area contributed by atoms with Crippen LogP contribution < -0.4 is 5.73 Å². The zero-order valence-electron chi connectivity index (χ0n) is 6.09. The Balaban J connectivity index is 3.95. The first kappa shape index (κ1) is 8.66. The predicted octanol–water partition coefficient (Wildman–Crippen LogP) is 0.518. The van der Waals surface area contributed by atoms with E-state index in [1.807, 2.05) is 13.8 Å². The minimum absolute atomic E-state index is 0.0974. The standard InChI is InChI=1S/C7H15NO/c1-4-6(8)7(2,3)5-9/h4,6,9H,1,5,8H2,2-3H3. The molecule has 0 aliphatic rings. The molecule has 0 radical (unpaired) electrons. The van der Waals surface area contributed by atoms with Gasteiger partial charge in [0.2, 0.25) is 0 Å². The van der Waals surface area contributed by atoms with E-state index in [1.54, 1.807) is 6.08 Å². The summed E-state index contributed by atoms with van der Waals surface area (Å²) >= 11 is 0. The van der Waals surface area contributed by atoms with E-state index in [4.69, 9.17) is 10.8 Å². The van der Waals surface area contributed by atoms with Crippen molar-refractivity contribution in [2.24, 2.45) is 11.1 Å². The van der Waals surface area contributed by atoms with E-state index in [0.29, 0.717) is 0 Å². The molecule has 0 heterocycles. The fraction of sp³-hybridized carbons (Fsp3) is 0.714. The molecule has 0 aliphatic carbocycles. The Kier molecular flexibility index (Phi) is 2.88. The molecular weight excluding hydrogens is 114 g/mol. The van der Waals surface area contributed by atoms with Gasteiger partial charge in [-0.05, 0) is 0 Å².